The largest absolute Gasteiger partial charge is 0.462 e. The third kappa shape index (κ3) is 4.31. The summed E-state index contributed by atoms with van der Waals surface area (Å²) in [5.41, 5.74) is 2.66. The number of benzene rings is 2. The number of nitrogens with one attached hydrogen (secondary N) is 1. The highest BCUT2D eigenvalue weighted by Gasteiger charge is 2.18. The molecule has 0 radical (unpaired) electrons. The number of aromatic nitrogens is 1. The fourth-order valence-corrected chi connectivity index (χ4v) is 3.11. The summed E-state index contributed by atoms with van der Waals surface area (Å²) in [7, 11) is 0. The Morgan fingerprint density at radius 2 is 1.79 bits per heavy atom. The van der Waals surface area contributed by atoms with Crippen LogP contribution in [-0.2, 0) is 9.47 Å². The number of pyridine rings is 1. The summed E-state index contributed by atoms with van der Waals surface area (Å²) in [6.07, 6.45) is 1.49. The SMILES string of the molecule is CCOC(=O)c1cccc(Nc2c(C(=O)OCC)cnc3ccc(Br)cc23)c1. The fraction of sp³-hybridized carbons (Fsp3) is 0.190. The molecule has 0 saturated carbocycles. The number of rotatable bonds is 6. The molecule has 0 unspecified atom stereocenters. The number of nitrogens with zero attached hydrogens (tertiary/aromatic N) is 1. The standard InChI is InChI=1S/C21H19BrN2O4/c1-3-27-20(25)13-6-5-7-15(10-13)24-19-16-11-14(22)8-9-18(16)23-12-17(19)21(26)28-4-2/h5-12H,3-4H2,1-2H3,(H,23,24). The van der Waals surface area contributed by atoms with Crippen molar-refractivity contribution in [1.29, 1.82) is 0 Å². The Morgan fingerprint density at radius 1 is 1.04 bits per heavy atom. The van der Waals surface area contributed by atoms with Gasteiger partial charge in [-0.15, -0.1) is 0 Å². The van der Waals surface area contributed by atoms with Crippen LogP contribution in [0.25, 0.3) is 10.9 Å². The molecule has 7 heteroatoms. The maximum Gasteiger partial charge on any atom is 0.341 e. The number of hydrogen-bond acceptors (Lipinski definition) is 6. The molecule has 28 heavy (non-hydrogen) atoms. The molecular formula is C21H19BrN2O4. The van der Waals surface area contributed by atoms with E-state index in [-0.39, 0.29) is 6.61 Å². The first-order valence-electron chi connectivity index (χ1n) is 8.83. The first kappa shape index (κ1) is 19.8. The van der Waals surface area contributed by atoms with Crippen molar-refractivity contribution in [3.05, 3.63) is 64.3 Å². The number of carbonyl (C=O) groups is 2. The van der Waals surface area contributed by atoms with E-state index in [2.05, 4.69) is 26.2 Å². The minimum Gasteiger partial charge on any atom is -0.462 e. The zero-order chi connectivity index (χ0) is 20.1. The lowest BCUT2D eigenvalue weighted by atomic mass is 10.1. The van der Waals surface area contributed by atoms with Crippen LogP contribution >= 0.6 is 15.9 Å². The molecule has 3 aromatic rings. The average Bonchev–Trinajstić information content (AvgIpc) is 2.69. The molecule has 0 bridgehead atoms. The van der Waals surface area contributed by atoms with Crippen LogP contribution in [0.1, 0.15) is 34.6 Å². The van der Waals surface area contributed by atoms with E-state index in [9.17, 15) is 9.59 Å². The van der Waals surface area contributed by atoms with Crippen LogP contribution < -0.4 is 5.32 Å². The van der Waals surface area contributed by atoms with Crippen molar-refractivity contribution < 1.29 is 19.1 Å². The van der Waals surface area contributed by atoms with Gasteiger partial charge in [-0.3, -0.25) is 4.98 Å². The van der Waals surface area contributed by atoms with Gasteiger partial charge in [0, 0.05) is 21.7 Å². The summed E-state index contributed by atoms with van der Waals surface area (Å²) in [6.45, 7) is 4.06. The monoisotopic (exact) mass is 442 g/mol. The second kappa shape index (κ2) is 8.84. The van der Waals surface area contributed by atoms with Crippen molar-refractivity contribution in [3.63, 3.8) is 0 Å². The van der Waals surface area contributed by atoms with Crippen molar-refractivity contribution in [1.82, 2.24) is 4.98 Å². The predicted molar refractivity (Wildman–Crippen MR) is 111 cm³/mol. The Hall–Kier alpha value is -2.93. The maximum atomic E-state index is 12.5. The van der Waals surface area contributed by atoms with E-state index >= 15 is 0 Å². The van der Waals surface area contributed by atoms with E-state index in [0.717, 1.165) is 15.4 Å². The Labute approximate surface area is 171 Å². The van der Waals surface area contributed by atoms with Gasteiger partial charge in [0.25, 0.3) is 0 Å². The van der Waals surface area contributed by atoms with E-state index < -0.39 is 11.9 Å². The Balaban J connectivity index is 2.09. The number of ether oxygens (including phenoxy) is 2. The van der Waals surface area contributed by atoms with Gasteiger partial charge in [-0.25, -0.2) is 9.59 Å². The zero-order valence-electron chi connectivity index (χ0n) is 15.5. The van der Waals surface area contributed by atoms with E-state index in [1.54, 1.807) is 32.0 Å². The Kier molecular flexibility index (Phi) is 6.26. The van der Waals surface area contributed by atoms with Gasteiger partial charge in [0.1, 0.15) is 5.56 Å². The minimum atomic E-state index is -0.471. The highest BCUT2D eigenvalue weighted by molar-refractivity contribution is 9.10. The fourth-order valence-electron chi connectivity index (χ4n) is 2.75. The zero-order valence-corrected chi connectivity index (χ0v) is 17.1. The van der Waals surface area contributed by atoms with E-state index in [4.69, 9.17) is 9.47 Å². The predicted octanol–water partition coefficient (Wildman–Crippen LogP) is 5.09. The van der Waals surface area contributed by atoms with Crippen LogP contribution in [-0.4, -0.2) is 30.1 Å². The molecule has 2 aromatic carbocycles. The van der Waals surface area contributed by atoms with Crippen LogP contribution in [0.5, 0.6) is 0 Å². The molecule has 0 atom stereocenters. The second-order valence-electron chi connectivity index (χ2n) is 5.86. The van der Waals surface area contributed by atoms with Gasteiger partial charge in [-0.1, -0.05) is 22.0 Å². The Bertz CT molecular complexity index is 1040. The van der Waals surface area contributed by atoms with Crippen molar-refractivity contribution in [2.24, 2.45) is 0 Å². The maximum absolute atomic E-state index is 12.5. The van der Waals surface area contributed by atoms with Gasteiger partial charge < -0.3 is 14.8 Å². The molecule has 0 aliphatic heterocycles. The molecule has 0 aliphatic carbocycles. The van der Waals surface area contributed by atoms with E-state index in [0.29, 0.717) is 29.1 Å². The number of fused-ring (bicyclic) bond motifs is 1. The first-order chi connectivity index (χ1) is 13.5. The van der Waals surface area contributed by atoms with Crippen molar-refractivity contribution in [2.75, 3.05) is 18.5 Å². The molecule has 0 aliphatic rings. The van der Waals surface area contributed by atoms with Crippen LogP contribution in [0.3, 0.4) is 0 Å². The Morgan fingerprint density at radius 3 is 2.54 bits per heavy atom. The molecule has 0 saturated heterocycles. The average molecular weight is 443 g/mol. The summed E-state index contributed by atoms with van der Waals surface area (Å²) >= 11 is 3.46. The van der Waals surface area contributed by atoms with Crippen molar-refractivity contribution in [2.45, 2.75) is 13.8 Å². The van der Waals surface area contributed by atoms with Crippen molar-refractivity contribution in [3.8, 4) is 0 Å². The van der Waals surface area contributed by atoms with Gasteiger partial charge in [-0.2, -0.15) is 0 Å². The third-order valence-corrected chi connectivity index (χ3v) is 4.46. The lowest BCUT2D eigenvalue weighted by molar-refractivity contribution is 0.0517. The number of hydrogen-bond donors (Lipinski definition) is 1. The molecular weight excluding hydrogens is 424 g/mol. The molecule has 0 spiro atoms. The number of anilines is 2. The van der Waals surface area contributed by atoms with Crippen LogP contribution in [0, 0.1) is 0 Å². The van der Waals surface area contributed by atoms with E-state index in [1.165, 1.54) is 6.20 Å². The molecule has 1 N–H and O–H groups in total. The van der Waals surface area contributed by atoms with Crippen LogP contribution in [0.2, 0.25) is 0 Å². The normalized spacial score (nSPS) is 10.5. The van der Waals surface area contributed by atoms with E-state index in [1.807, 2.05) is 24.3 Å². The van der Waals surface area contributed by atoms with Gasteiger partial charge in [0.15, 0.2) is 0 Å². The highest BCUT2D eigenvalue weighted by Crippen LogP contribution is 2.32. The molecule has 0 amide bonds. The molecule has 3 rings (SSSR count). The first-order valence-corrected chi connectivity index (χ1v) is 9.62. The topological polar surface area (TPSA) is 77.5 Å². The van der Waals surface area contributed by atoms with Crippen LogP contribution in [0.15, 0.2) is 53.1 Å². The third-order valence-electron chi connectivity index (χ3n) is 3.97. The quantitative estimate of drug-likeness (QED) is 0.535. The number of esters is 2. The lowest BCUT2D eigenvalue weighted by Gasteiger charge is -2.15. The smallest absolute Gasteiger partial charge is 0.341 e. The van der Waals surface area contributed by atoms with Crippen LogP contribution in [0.4, 0.5) is 11.4 Å². The summed E-state index contributed by atoms with van der Waals surface area (Å²) in [5.74, 6) is -0.875. The van der Waals surface area contributed by atoms with Crippen molar-refractivity contribution >= 4 is 50.1 Å². The van der Waals surface area contributed by atoms with Gasteiger partial charge in [0.05, 0.1) is 30.0 Å². The molecule has 0 fully saturated rings. The van der Waals surface area contributed by atoms with Gasteiger partial charge in [0.2, 0.25) is 0 Å². The van der Waals surface area contributed by atoms with Gasteiger partial charge in [-0.05, 0) is 50.2 Å². The highest BCUT2D eigenvalue weighted by atomic mass is 79.9. The summed E-state index contributed by atoms with van der Waals surface area (Å²) in [5, 5.41) is 4.00. The van der Waals surface area contributed by atoms with Gasteiger partial charge >= 0.3 is 11.9 Å². The number of halogens is 1. The number of carbonyl (C=O) groups excluding carboxylic acids is 2. The summed E-state index contributed by atoms with van der Waals surface area (Å²) in [4.78, 5) is 28.8. The second-order valence-corrected chi connectivity index (χ2v) is 6.77. The molecule has 144 valence electrons. The minimum absolute atomic E-state index is 0.257. The summed E-state index contributed by atoms with van der Waals surface area (Å²) in [6, 6.07) is 12.5. The summed E-state index contributed by atoms with van der Waals surface area (Å²) < 4.78 is 11.1. The lowest BCUT2D eigenvalue weighted by Crippen LogP contribution is -2.10. The molecule has 1 aromatic heterocycles. The molecule has 6 nitrogen and oxygen atoms in total. The molecule has 1 heterocycles.